The summed E-state index contributed by atoms with van der Waals surface area (Å²) in [5, 5.41) is 11.5. The van der Waals surface area contributed by atoms with Gasteiger partial charge < -0.3 is 9.88 Å². The van der Waals surface area contributed by atoms with Crippen LogP contribution in [-0.2, 0) is 23.7 Å². The molecular formula is C19H28N4OS. The molecule has 1 amide bonds. The zero-order valence-electron chi connectivity index (χ0n) is 16.0. The second kappa shape index (κ2) is 8.04. The lowest BCUT2D eigenvalue weighted by Gasteiger charge is -2.22. The topological polar surface area (TPSA) is 59.8 Å². The van der Waals surface area contributed by atoms with Crippen LogP contribution in [0.25, 0.3) is 0 Å². The van der Waals surface area contributed by atoms with E-state index >= 15 is 0 Å². The number of carbonyl (C=O) groups is 1. The number of aromatic nitrogens is 3. The zero-order chi connectivity index (χ0) is 18.6. The molecule has 0 aliphatic carbocycles. The average molecular weight is 361 g/mol. The summed E-state index contributed by atoms with van der Waals surface area (Å²) in [6.45, 7) is 11.7. The van der Waals surface area contributed by atoms with Crippen LogP contribution in [-0.4, -0.2) is 33.0 Å². The molecule has 136 valence electrons. The van der Waals surface area contributed by atoms with Gasteiger partial charge in [-0.2, -0.15) is 0 Å². The number of hydrogen-bond donors (Lipinski definition) is 1. The first-order valence-corrected chi connectivity index (χ1v) is 9.51. The van der Waals surface area contributed by atoms with Gasteiger partial charge in [0.1, 0.15) is 6.33 Å². The summed E-state index contributed by atoms with van der Waals surface area (Å²) in [5.74, 6) is 0.377. The SMILES string of the molecule is Cc1cc(C(C)(C)C)cc(C)c1CCNC(=O)CSc1nncn1C. The summed E-state index contributed by atoms with van der Waals surface area (Å²) in [6.07, 6.45) is 2.48. The van der Waals surface area contributed by atoms with E-state index in [1.807, 2.05) is 7.05 Å². The van der Waals surface area contributed by atoms with Gasteiger partial charge in [0.05, 0.1) is 5.75 Å². The number of benzene rings is 1. The minimum atomic E-state index is 0.0228. The highest BCUT2D eigenvalue weighted by atomic mass is 32.2. The standard InChI is InChI=1S/C19H28N4OS/c1-13-9-15(19(3,4)5)10-14(2)16(13)7-8-20-17(24)11-25-18-22-21-12-23(18)6/h9-10,12H,7-8,11H2,1-6H3,(H,20,24). The van der Waals surface area contributed by atoms with Crippen LogP contribution in [0.15, 0.2) is 23.6 Å². The summed E-state index contributed by atoms with van der Waals surface area (Å²) < 4.78 is 1.81. The van der Waals surface area contributed by atoms with Crippen molar-refractivity contribution in [2.45, 2.75) is 51.6 Å². The van der Waals surface area contributed by atoms with Gasteiger partial charge in [-0.25, -0.2) is 0 Å². The number of aryl methyl sites for hydroxylation is 3. The zero-order valence-corrected chi connectivity index (χ0v) is 16.8. The smallest absolute Gasteiger partial charge is 0.230 e. The number of hydrogen-bond acceptors (Lipinski definition) is 4. The van der Waals surface area contributed by atoms with Crippen LogP contribution in [0.1, 0.15) is 43.0 Å². The molecule has 0 saturated carbocycles. The van der Waals surface area contributed by atoms with Crippen molar-refractivity contribution in [1.29, 1.82) is 0 Å². The molecule has 1 aromatic carbocycles. The van der Waals surface area contributed by atoms with Gasteiger partial charge in [-0.05, 0) is 47.9 Å². The van der Waals surface area contributed by atoms with Crippen LogP contribution < -0.4 is 5.32 Å². The van der Waals surface area contributed by atoms with Crippen LogP contribution in [0.4, 0.5) is 0 Å². The second-order valence-corrected chi connectivity index (χ2v) is 8.39. The quantitative estimate of drug-likeness (QED) is 0.804. The fourth-order valence-electron chi connectivity index (χ4n) is 2.73. The number of nitrogens with one attached hydrogen (secondary N) is 1. The normalized spacial score (nSPS) is 11.6. The van der Waals surface area contributed by atoms with Crippen molar-refractivity contribution in [1.82, 2.24) is 20.1 Å². The molecule has 6 heteroatoms. The molecule has 1 aromatic heterocycles. The van der Waals surface area contributed by atoms with Crippen LogP contribution in [0.3, 0.4) is 0 Å². The lowest BCUT2D eigenvalue weighted by atomic mass is 9.83. The minimum absolute atomic E-state index is 0.0228. The summed E-state index contributed by atoms with van der Waals surface area (Å²) in [4.78, 5) is 12.0. The van der Waals surface area contributed by atoms with Crippen molar-refractivity contribution in [2.24, 2.45) is 7.05 Å². The lowest BCUT2D eigenvalue weighted by molar-refractivity contribution is -0.118. The third-order valence-electron chi connectivity index (χ3n) is 4.26. The molecule has 0 fully saturated rings. The van der Waals surface area contributed by atoms with E-state index in [1.54, 1.807) is 10.9 Å². The Morgan fingerprint density at radius 2 is 1.88 bits per heavy atom. The van der Waals surface area contributed by atoms with Crippen LogP contribution >= 0.6 is 11.8 Å². The van der Waals surface area contributed by atoms with Crippen LogP contribution in [0, 0.1) is 13.8 Å². The van der Waals surface area contributed by atoms with Gasteiger partial charge in [0.2, 0.25) is 5.91 Å². The maximum Gasteiger partial charge on any atom is 0.230 e. The first-order chi connectivity index (χ1) is 11.7. The van der Waals surface area contributed by atoms with E-state index < -0.39 is 0 Å². The van der Waals surface area contributed by atoms with E-state index in [2.05, 4.69) is 62.3 Å². The average Bonchev–Trinajstić information content (AvgIpc) is 2.92. The highest BCUT2D eigenvalue weighted by Gasteiger charge is 2.16. The van der Waals surface area contributed by atoms with Crippen LogP contribution in [0.5, 0.6) is 0 Å². The Kier molecular flexibility index (Phi) is 6.27. The molecule has 0 radical (unpaired) electrons. The fourth-order valence-corrected chi connectivity index (χ4v) is 3.45. The van der Waals surface area contributed by atoms with Crippen molar-refractivity contribution < 1.29 is 4.79 Å². The fraction of sp³-hybridized carbons (Fsp3) is 0.526. The van der Waals surface area contributed by atoms with Gasteiger partial charge in [-0.1, -0.05) is 44.7 Å². The Labute approximate surface area is 154 Å². The maximum atomic E-state index is 12.0. The number of amides is 1. The van der Waals surface area contributed by atoms with E-state index in [-0.39, 0.29) is 11.3 Å². The summed E-state index contributed by atoms with van der Waals surface area (Å²) in [6, 6.07) is 4.54. The van der Waals surface area contributed by atoms with Gasteiger partial charge in [0.15, 0.2) is 5.16 Å². The second-order valence-electron chi connectivity index (χ2n) is 7.45. The number of rotatable bonds is 6. The van der Waals surface area contributed by atoms with Crippen molar-refractivity contribution in [2.75, 3.05) is 12.3 Å². The van der Waals surface area contributed by atoms with Crippen molar-refractivity contribution in [3.8, 4) is 0 Å². The predicted octanol–water partition coefficient (Wildman–Crippen LogP) is 3.18. The van der Waals surface area contributed by atoms with Gasteiger partial charge in [-0.15, -0.1) is 10.2 Å². The Hall–Kier alpha value is -1.82. The molecule has 0 bridgehead atoms. The molecule has 0 aliphatic rings. The minimum Gasteiger partial charge on any atom is -0.355 e. The number of carbonyl (C=O) groups excluding carboxylic acids is 1. The molecule has 2 rings (SSSR count). The molecule has 2 aromatic rings. The van der Waals surface area contributed by atoms with Gasteiger partial charge in [0, 0.05) is 13.6 Å². The summed E-state index contributed by atoms with van der Waals surface area (Å²) in [5.41, 5.74) is 5.43. The van der Waals surface area contributed by atoms with E-state index in [0.717, 1.165) is 11.6 Å². The third kappa shape index (κ3) is 5.33. The molecule has 1 heterocycles. The number of thioether (sulfide) groups is 1. The molecular weight excluding hydrogens is 332 g/mol. The molecule has 0 spiro atoms. The monoisotopic (exact) mass is 360 g/mol. The molecule has 5 nitrogen and oxygen atoms in total. The maximum absolute atomic E-state index is 12.0. The summed E-state index contributed by atoms with van der Waals surface area (Å²) >= 11 is 1.40. The molecule has 25 heavy (non-hydrogen) atoms. The lowest BCUT2D eigenvalue weighted by Crippen LogP contribution is -2.27. The van der Waals surface area contributed by atoms with E-state index in [9.17, 15) is 4.79 Å². The summed E-state index contributed by atoms with van der Waals surface area (Å²) in [7, 11) is 1.87. The highest BCUT2D eigenvalue weighted by molar-refractivity contribution is 7.99. The molecule has 1 N–H and O–H groups in total. The first kappa shape index (κ1) is 19.5. The largest absolute Gasteiger partial charge is 0.355 e. The Morgan fingerprint density at radius 1 is 1.24 bits per heavy atom. The third-order valence-corrected chi connectivity index (χ3v) is 5.30. The van der Waals surface area contributed by atoms with Gasteiger partial charge >= 0.3 is 0 Å². The molecule has 0 atom stereocenters. The number of nitrogens with zero attached hydrogens (tertiary/aromatic N) is 3. The first-order valence-electron chi connectivity index (χ1n) is 8.52. The molecule has 0 aliphatic heterocycles. The predicted molar refractivity (Wildman–Crippen MR) is 103 cm³/mol. The van der Waals surface area contributed by atoms with Gasteiger partial charge in [-0.3, -0.25) is 4.79 Å². The van der Waals surface area contributed by atoms with E-state index in [1.165, 1.54) is 34.0 Å². The van der Waals surface area contributed by atoms with Crippen LogP contribution in [0.2, 0.25) is 0 Å². The Bertz CT molecular complexity index is 723. The van der Waals surface area contributed by atoms with Crippen molar-refractivity contribution >= 4 is 17.7 Å². The van der Waals surface area contributed by atoms with E-state index in [4.69, 9.17) is 0 Å². The Balaban J connectivity index is 1.87. The Morgan fingerprint density at radius 3 is 2.40 bits per heavy atom. The molecule has 0 unspecified atom stereocenters. The van der Waals surface area contributed by atoms with Gasteiger partial charge in [0.25, 0.3) is 0 Å². The molecule has 0 saturated heterocycles. The van der Waals surface area contributed by atoms with Crippen molar-refractivity contribution in [3.05, 3.63) is 40.7 Å². The van der Waals surface area contributed by atoms with E-state index in [0.29, 0.717) is 12.3 Å². The van der Waals surface area contributed by atoms with Crippen molar-refractivity contribution in [3.63, 3.8) is 0 Å². The highest BCUT2D eigenvalue weighted by Crippen LogP contribution is 2.27.